The summed E-state index contributed by atoms with van der Waals surface area (Å²) in [6.45, 7) is 0. The number of ether oxygens (including phenoxy) is 2. The molecule has 0 saturated carbocycles. The fraction of sp³-hybridized carbons (Fsp3) is 0.182. The van der Waals surface area contributed by atoms with Crippen molar-refractivity contribution in [3.8, 4) is 10.8 Å². The van der Waals surface area contributed by atoms with Gasteiger partial charge in [0, 0.05) is 0 Å². The van der Waals surface area contributed by atoms with Gasteiger partial charge in [-0.1, -0.05) is 6.07 Å². The molecule has 2 aromatic rings. The Balaban J connectivity index is 2.50. The van der Waals surface area contributed by atoms with Gasteiger partial charge in [-0.2, -0.15) is 0 Å². The van der Waals surface area contributed by atoms with Crippen molar-refractivity contribution >= 4 is 23.3 Å². The number of methoxy groups -OCH3 is 2. The van der Waals surface area contributed by atoms with Gasteiger partial charge in [0.05, 0.1) is 19.1 Å². The molecule has 0 spiro atoms. The highest BCUT2D eigenvalue weighted by molar-refractivity contribution is 7.13. The molecule has 7 heteroatoms. The summed E-state index contributed by atoms with van der Waals surface area (Å²) in [4.78, 5) is 27.6. The Morgan fingerprint density at radius 2 is 2.00 bits per heavy atom. The third kappa shape index (κ3) is 2.12. The summed E-state index contributed by atoms with van der Waals surface area (Å²) in [7, 11) is 2.39. The lowest BCUT2D eigenvalue weighted by molar-refractivity contribution is 0.0527. The molecule has 0 unspecified atom stereocenters. The lowest BCUT2D eigenvalue weighted by Gasteiger charge is -1.96. The largest absolute Gasteiger partial charge is 0.464 e. The minimum atomic E-state index is -0.772. The van der Waals surface area contributed by atoms with Crippen molar-refractivity contribution in [2.45, 2.75) is 0 Å². The van der Waals surface area contributed by atoms with E-state index in [1.165, 1.54) is 25.6 Å². The Bertz CT molecular complexity index is 539. The van der Waals surface area contributed by atoms with Crippen LogP contribution in [0.15, 0.2) is 21.9 Å². The third-order valence-corrected chi connectivity index (χ3v) is 2.97. The highest BCUT2D eigenvalue weighted by atomic mass is 32.1. The lowest BCUT2D eigenvalue weighted by Crippen LogP contribution is -2.10. The van der Waals surface area contributed by atoms with E-state index in [1.807, 2.05) is 5.38 Å². The minimum absolute atomic E-state index is 0.186. The van der Waals surface area contributed by atoms with Crippen molar-refractivity contribution in [3.63, 3.8) is 0 Å². The second-order valence-electron chi connectivity index (χ2n) is 3.16. The molecule has 0 fully saturated rings. The fourth-order valence-electron chi connectivity index (χ4n) is 1.29. The second kappa shape index (κ2) is 5.01. The number of nitrogens with zero attached hydrogens (tertiary/aromatic N) is 1. The summed E-state index contributed by atoms with van der Waals surface area (Å²) in [5, 5.41) is 1.83. The van der Waals surface area contributed by atoms with Crippen molar-refractivity contribution < 1.29 is 23.5 Å². The molecule has 0 atom stereocenters. The van der Waals surface area contributed by atoms with Crippen LogP contribution in [-0.2, 0) is 9.47 Å². The van der Waals surface area contributed by atoms with Gasteiger partial charge in [-0.3, -0.25) is 0 Å². The zero-order valence-corrected chi connectivity index (χ0v) is 10.4. The number of esters is 2. The number of oxazole rings is 1. The maximum Gasteiger partial charge on any atom is 0.376 e. The van der Waals surface area contributed by atoms with Gasteiger partial charge >= 0.3 is 11.9 Å². The Hall–Kier alpha value is -2.15. The van der Waals surface area contributed by atoms with E-state index in [9.17, 15) is 9.59 Å². The van der Waals surface area contributed by atoms with Crippen LogP contribution in [0.2, 0.25) is 0 Å². The zero-order valence-electron chi connectivity index (χ0n) is 9.63. The van der Waals surface area contributed by atoms with Crippen LogP contribution in [-0.4, -0.2) is 31.1 Å². The summed E-state index contributed by atoms with van der Waals surface area (Å²) < 4.78 is 14.3. The molecule has 0 radical (unpaired) electrons. The van der Waals surface area contributed by atoms with Crippen LogP contribution in [0.3, 0.4) is 0 Å². The summed E-state index contributed by atoms with van der Waals surface area (Å²) in [6, 6.07) is 3.57. The Kier molecular flexibility index (Phi) is 3.42. The summed E-state index contributed by atoms with van der Waals surface area (Å²) in [5.74, 6) is -1.59. The van der Waals surface area contributed by atoms with Crippen molar-refractivity contribution in [1.82, 2.24) is 4.98 Å². The van der Waals surface area contributed by atoms with Crippen molar-refractivity contribution in [2.75, 3.05) is 14.2 Å². The molecule has 0 amide bonds. The number of carbonyl (C=O) groups excluding carboxylic acids is 2. The van der Waals surface area contributed by atoms with E-state index in [4.69, 9.17) is 4.42 Å². The summed E-state index contributed by atoms with van der Waals surface area (Å²) in [6.07, 6.45) is 0. The van der Waals surface area contributed by atoms with Gasteiger partial charge in [0.15, 0.2) is 0 Å². The monoisotopic (exact) mass is 267 g/mol. The first-order chi connectivity index (χ1) is 8.67. The molecule has 0 bridgehead atoms. The number of hydrogen-bond acceptors (Lipinski definition) is 7. The average Bonchev–Trinajstić information content (AvgIpc) is 3.04. The molecule has 6 nitrogen and oxygen atoms in total. The standard InChI is InChI=1S/C11H9NO5S/c1-15-10(13)7-8(11(14)16-2)17-9(12-7)6-4-3-5-18-6/h3-5H,1-2H3. The van der Waals surface area contributed by atoms with E-state index in [1.54, 1.807) is 12.1 Å². The maximum absolute atomic E-state index is 11.5. The first-order valence-electron chi connectivity index (χ1n) is 4.88. The predicted molar refractivity (Wildman–Crippen MR) is 62.5 cm³/mol. The van der Waals surface area contributed by atoms with E-state index >= 15 is 0 Å². The number of aromatic nitrogens is 1. The van der Waals surface area contributed by atoms with Gasteiger partial charge < -0.3 is 13.9 Å². The second-order valence-corrected chi connectivity index (χ2v) is 4.10. The Labute approximate surface area is 106 Å². The van der Waals surface area contributed by atoms with E-state index < -0.39 is 11.9 Å². The highest BCUT2D eigenvalue weighted by Crippen LogP contribution is 2.26. The molecule has 94 valence electrons. The van der Waals surface area contributed by atoms with Crippen molar-refractivity contribution in [1.29, 1.82) is 0 Å². The van der Waals surface area contributed by atoms with Crippen LogP contribution in [0.25, 0.3) is 10.8 Å². The molecule has 0 aromatic carbocycles. The number of rotatable bonds is 3. The van der Waals surface area contributed by atoms with Crippen LogP contribution < -0.4 is 0 Å². The van der Waals surface area contributed by atoms with Gasteiger partial charge in [-0.05, 0) is 11.4 Å². The molecule has 0 N–H and O–H groups in total. The molecule has 18 heavy (non-hydrogen) atoms. The number of thiophene rings is 1. The van der Waals surface area contributed by atoms with Crippen LogP contribution in [0, 0.1) is 0 Å². The van der Waals surface area contributed by atoms with E-state index in [0.29, 0.717) is 4.88 Å². The van der Waals surface area contributed by atoms with Crippen LogP contribution in [0.4, 0.5) is 0 Å². The Morgan fingerprint density at radius 3 is 2.56 bits per heavy atom. The molecule has 0 aliphatic rings. The molecule has 2 rings (SSSR count). The van der Waals surface area contributed by atoms with E-state index in [2.05, 4.69) is 14.5 Å². The van der Waals surface area contributed by atoms with Gasteiger partial charge in [0.2, 0.25) is 17.3 Å². The van der Waals surface area contributed by atoms with Crippen LogP contribution >= 0.6 is 11.3 Å². The first-order valence-corrected chi connectivity index (χ1v) is 5.76. The molecule has 0 aliphatic heterocycles. The minimum Gasteiger partial charge on any atom is -0.464 e. The van der Waals surface area contributed by atoms with Gasteiger partial charge in [-0.25, -0.2) is 14.6 Å². The van der Waals surface area contributed by atoms with E-state index in [0.717, 1.165) is 0 Å². The van der Waals surface area contributed by atoms with Crippen molar-refractivity contribution in [3.05, 3.63) is 29.0 Å². The lowest BCUT2D eigenvalue weighted by atomic mass is 10.3. The quantitative estimate of drug-likeness (QED) is 0.791. The third-order valence-electron chi connectivity index (χ3n) is 2.11. The topological polar surface area (TPSA) is 78.6 Å². The predicted octanol–water partition coefficient (Wildman–Crippen LogP) is 1.98. The molecule has 2 heterocycles. The molecular weight excluding hydrogens is 258 g/mol. The average molecular weight is 267 g/mol. The van der Waals surface area contributed by atoms with Gasteiger partial charge in [0.25, 0.3) is 0 Å². The molecule has 0 saturated heterocycles. The van der Waals surface area contributed by atoms with Crippen LogP contribution in [0.5, 0.6) is 0 Å². The molecule has 0 aliphatic carbocycles. The molecular formula is C11H9NO5S. The van der Waals surface area contributed by atoms with E-state index in [-0.39, 0.29) is 17.3 Å². The molecule has 2 aromatic heterocycles. The van der Waals surface area contributed by atoms with Gasteiger partial charge in [-0.15, -0.1) is 11.3 Å². The first kappa shape index (κ1) is 12.3. The normalized spacial score (nSPS) is 10.1. The van der Waals surface area contributed by atoms with Gasteiger partial charge in [0.1, 0.15) is 0 Å². The SMILES string of the molecule is COC(=O)c1nc(-c2cccs2)oc1C(=O)OC. The summed E-state index contributed by atoms with van der Waals surface area (Å²) >= 11 is 1.38. The zero-order chi connectivity index (χ0) is 13.1. The Morgan fingerprint density at radius 1 is 1.28 bits per heavy atom. The fourth-order valence-corrected chi connectivity index (χ4v) is 1.94. The number of hydrogen-bond donors (Lipinski definition) is 0. The van der Waals surface area contributed by atoms with Crippen molar-refractivity contribution in [2.24, 2.45) is 0 Å². The smallest absolute Gasteiger partial charge is 0.376 e. The van der Waals surface area contributed by atoms with Crippen LogP contribution in [0.1, 0.15) is 21.0 Å². The highest BCUT2D eigenvalue weighted by Gasteiger charge is 2.27. The number of carbonyl (C=O) groups is 2. The maximum atomic E-state index is 11.5. The summed E-state index contributed by atoms with van der Waals surface area (Å²) in [5.41, 5.74) is -0.187.